The second kappa shape index (κ2) is 11.5. The van der Waals surface area contributed by atoms with E-state index in [4.69, 9.17) is 4.74 Å². The first-order chi connectivity index (χ1) is 15.1. The molecule has 0 radical (unpaired) electrons. The summed E-state index contributed by atoms with van der Waals surface area (Å²) in [5.41, 5.74) is 0.486. The monoisotopic (exact) mass is 443 g/mol. The zero-order valence-corrected chi connectivity index (χ0v) is 20.3. The lowest BCUT2D eigenvalue weighted by atomic mass is 10.0. The fourth-order valence-electron chi connectivity index (χ4n) is 3.20. The van der Waals surface area contributed by atoms with Crippen LogP contribution < -0.4 is 10.6 Å². The smallest absolute Gasteiger partial charge is 0.407 e. The van der Waals surface area contributed by atoms with Gasteiger partial charge in [0.1, 0.15) is 11.9 Å². The minimum atomic E-state index is -0.519. The van der Waals surface area contributed by atoms with E-state index in [1.807, 2.05) is 67.6 Å². The van der Waals surface area contributed by atoms with Crippen LogP contribution in [0.1, 0.15) is 46.9 Å². The highest BCUT2D eigenvalue weighted by molar-refractivity contribution is 5.79. The van der Waals surface area contributed by atoms with Crippen LogP contribution in [0, 0.1) is 5.92 Å². The second-order valence-corrected chi connectivity index (χ2v) is 9.06. The van der Waals surface area contributed by atoms with Gasteiger partial charge in [0.05, 0.1) is 6.54 Å². The average Bonchev–Trinajstić information content (AvgIpc) is 3.19. The molecule has 1 aromatic heterocycles. The number of rotatable bonds is 8. The van der Waals surface area contributed by atoms with Crippen LogP contribution in [-0.4, -0.2) is 64.0 Å². The first kappa shape index (κ1) is 25.2. The van der Waals surface area contributed by atoms with E-state index >= 15 is 0 Å². The number of hydrogen-bond donors (Lipinski definition) is 2. The van der Waals surface area contributed by atoms with Gasteiger partial charge in [0.25, 0.3) is 0 Å². The molecule has 0 aliphatic rings. The summed E-state index contributed by atoms with van der Waals surface area (Å²) in [6.45, 7) is 11.0. The summed E-state index contributed by atoms with van der Waals surface area (Å²) in [4.78, 5) is 18.6. The first-order valence-corrected chi connectivity index (χ1v) is 11.0. The van der Waals surface area contributed by atoms with E-state index in [-0.39, 0.29) is 18.1 Å². The van der Waals surface area contributed by atoms with Gasteiger partial charge in [0, 0.05) is 32.4 Å². The summed E-state index contributed by atoms with van der Waals surface area (Å²) in [7, 11) is 3.72. The Hall–Kier alpha value is -3.10. The highest BCUT2D eigenvalue weighted by Gasteiger charge is 2.22. The minimum Gasteiger partial charge on any atom is -0.444 e. The third-order valence-corrected chi connectivity index (χ3v) is 4.91. The van der Waals surface area contributed by atoms with Gasteiger partial charge in [0.2, 0.25) is 0 Å². The molecule has 1 heterocycles. The van der Waals surface area contributed by atoms with Crippen LogP contribution in [0.2, 0.25) is 0 Å². The summed E-state index contributed by atoms with van der Waals surface area (Å²) in [5.74, 6) is 1.81. The molecule has 0 saturated heterocycles. The molecule has 0 saturated carbocycles. The van der Waals surface area contributed by atoms with E-state index in [2.05, 4.69) is 39.7 Å². The van der Waals surface area contributed by atoms with E-state index < -0.39 is 5.60 Å². The van der Waals surface area contributed by atoms with Crippen LogP contribution in [0.4, 0.5) is 4.79 Å². The number of para-hydroxylation sites is 1. The van der Waals surface area contributed by atoms with E-state index in [0.29, 0.717) is 13.1 Å². The molecule has 0 spiro atoms. The molecule has 0 aliphatic heterocycles. The van der Waals surface area contributed by atoms with Gasteiger partial charge in [-0.1, -0.05) is 32.0 Å². The molecule has 0 aliphatic carbocycles. The predicted molar refractivity (Wildman–Crippen MR) is 127 cm³/mol. The fraction of sp³-hybridized carbons (Fsp3) is 0.565. The van der Waals surface area contributed by atoms with Crippen molar-refractivity contribution in [3.05, 3.63) is 42.5 Å². The highest BCUT2D eigenvalue weighted by Crippen LogP contribution is 2.12. The summed E-state index contributed by atoms with van der Waals surface area (Å²) < 4.78 is 7.35. The molecule has 9 nitrogen and oxygen atoms in total. The van der Waals surface area contributed by atoms with Crippen molar-refractivity contribution in [2.75, 3.05) is 20.6 Å². The van der Waals surface area contributed by atoms with Crippen LogP contribution >= 0.6 is 0 Å². The molecular weight excluding hydrogens is 406 g/mol. The summed E-state index contributed by atoms with van der Waals surface area (Å²) >= 11 is 0. The molecule has 0 fully saturated rings. The van der Waals surface area contributed by atoms with Gasteiger partial charge in [-0.3, -0.25) is 9.56 Å². The molecule has 1 unspecified atom stereocenters. The van der Waals surface area contributed by atoms with E-state index in [1.54, 1.807) is 13.4 Å². The number of amides is 1. The minimum absolute atomic E-state index is 0.00779. The molecule has 32 heavy (non-hydrogen) atoms. The molecule has 1 atom stereocenters. The number of carbonyl (C=O) groups excluding carboxylic acids is 1. The number of aliphatic imine (C=N–C) groups is 1. The second-order valence-electron chi connectivity index (χ2n) is 9.06. The van der Waals surface area contributed by atoms with E-state index in [0.717, 1.165) is 23.9 Å². The number of aromatic nitrogens is 3. The maximum atomic E-state index is 12.2. The average molecular weight is 444 g/mol. The number of nitrogens with zero attached hydrogens (tertiary/aromatic N) is 5. The molecule has 9 heteroatoms. The molecule has 2 aromatic rings. The van der Waals surface area contributed by atoms with Crippen molar-refractivity contribution in [1.29, 1.82) is 0 Å². The third-order valence-electron chi connectivity index (χ3n) is 4.91. The van der Waals surface area contributed by atoms with Gasteiger partial charge in [-0.25, -0.2) is 4.79 Å². The van der Waals surface area contributed by atoms with Crippen LogP contribution in [0.25, 0.3) is 5.69 Å². The highest BCUT2D eigenvalue weighted by atomic mass is 16.6. The Morgan fingerprint density at radius 3 is 2.53 bits per heavy atom. The molecule has 1 amide bonds. The Morgan fingerprint density at radius 2 is 1.94 bits per heavy atom. The largest absolute Gasteiger partial charge is 0.444 e. The van der Waals surface area contributed by atoms with Gasteiger partial charge in [0.15, 0.2) is 11.8 Å². The van der Waals surface area contributed by atoms with Gasteiger partial charge in [-0.15, -0.1) is 10.2 Å². The maximum Gasteiger partial charge on any atom is 0.407 e. The molecule has 2 rings (SSSR count). The fourth-order valence-corrected chi connectivity index (χ4v) is 3.20. The van der Waals surface area contributed by atoms with Crippen LogP contribution in [0.3, 0.4) is 0 Å². The molecule has 1 aromatic carbocycles. The first-order valence-electron chi connectivity index (χ1n) is 11.0. The van der Waals surface area contributed by atoms with Crippen molar-refractivity contribution in [2.45, 2.75) is 59.2 Å². The Kier molecular flexibility index (Phi) is 9.04. The van der Waals surface area contributed by atoms with Gasteiger partial charge >= 0.3 is 6.09 Å². The number of guanidine groups is 1. The normalized spacial score (nSPS) is 13.1. The van der Waals surface area contributed by atoms with Crippen molar-refractivity contribution in [3.8, 4) is 5.69 Å². The Labute approximate surface area is 191 Å². The topological polar surface area (TPSA) is 96.7 Å². The lowest BCUT2D eigenvalue weighted by Gasteiger charge is -2.28. The van der Waals surface area contributed by atoms with Gasteiger partial charge < -0.3 is 20.3 Å². The summed E-state index contributed by atoms with van der Waals surface area (Å²) in [6, 6.07) is 9.96. The van der Waals surface area contributed by atoms with Crippen molar-refractivity contribution in [2.24, 2.45) is 10.9 Å². The quantitative estimate of drug-likeness (QED) is 0.480. The Bertz CT molecular complexity index is 872. The number of carbonyl (C=O) groups is 1. The molecule has 0 bridgehead atoms. The van der Waals surface area contributed by atoms with Gasteiger partial charge in [-0.2, -0.15) is 0 Å². The van der Waals surface area contributed by atoms with Crippen LogP contribution in [0.5, 0.6) is 0 Å². The van der Waals surface area contributed by atoms with Crippen molar-refractivity contribution in [1.82, 2.24) is 30.3 Å². The molecule has 2 N–H and O–H groups in total. The number of ether oxygens (including phenoxy) is 1. The molecular formula is C23H37N7O2. The number of benzene rings is 1. The van der Waals surface area contributed by atoms with E-state index in [1.165, 1.54) is 0 Å². The SMILES string of the molecule is CN=C(NCc1nncn1-c1ccccc1)N(C)CCC(NC(=O)OC(C)(C)C)C(C)C. The number of hydrogen-bond acceptors (Lipinski definition) is 5. The maximum absolute atomic E-state index is 12.2. The number of alkyl carbamates (subject to hydrolysis) is 1. The standard InChI is InChI=1S/C23H37N7O2/c1-17(2)19(27-22(31)32-23(3,4)5)13-14-29(7)21(24-6)25-15-20-28-26-16-30(20)18-11-9-8-10-12-18/h8-12,16-17,19H,13-15H2,1-7H3,(H,24,25)(H,27,31). The Morgan fingerprint density at radius 1 is 1.25 bits per heavy atom. The van der Waals surface area contributed by atoms with Crippen LogP contribution in [-0.2, 0) is 11.3 Å². The zero-order valence-electron chi connectivity index (χ0n) is 20.3. The lowest BCUT2D eigenvalue weighted by Crippen LogP contribution is -2.45. The van der Waals surface area contributed by atoms with Gasteiger partial charge in [-0.05, 0) is 45.2 Å². The number of nitrogens with one attached hydrogen (secondary N) is 2. The third kappa shape index (κ3) is 7.86. The van der Waals surface area contributed by atoms with E-state index in [9.17, 15) is 4.79 Å². The predicted octanol–water partition coefficient (Wildman–Crippen LogP) is 3.21. The van der Waals surface area contributed by atoms with Crippen molar-refractivity contribution < 1.29 is 9.53 Å². The van der Waals surface area contributed by atoms with Crippen molar-refractivity contribution in [3.63, 3.8) is 0 Å². The zero-order chi connectivity index (χ0) is 23.7. The molecule has 176 valence electrons. The summed E-state index contributed by atoms with van der Waals surface area (Å²) in [6.07, 6.45) is 2.07. The van der Waals surface area contributed by atoms with Crippen LogP contribution in [0.15, 0.2) is 41.7 Å². The summed E-state index contributed by atoms with van der Waals surface area (Å²) in [5, 5.41) is 14.6. The Balaban J connectivity index is 1.92. The lowest BCUT2D eigenvalue weighted by molar-refractivity contribution is 0.0486. The van der Waals surface area contributed by atoms with Crippen molar-refractivity contribution >= 4 is 12.1 Å².